The maximum absolute atomic E-state index is 3.91. The highest BCUT2D eigenvalue weighted by Crippen LogP contribution is 2.55. The summed E-state index contributed by atoms with van der Waals surface area (Å²) in [7, 11) is 0. The zero-order valence-electron chi connectivity index (χ0n) is 8.55. The van der Waals surface area contributed by atoms with Crippen molar-refractivity contribution in [2.45, 2.75) is 37.5 Å². The summed E-state index contributed by atoms with van der Waals surface area (Å²) in [5, 5.41) is 0. The van der Waals surface area contributed by atoms with E-state index >= 15 is 0 Å². The minimum atomic E-state index is 0.604. The predicted molar refractivity (Wildman–Crippen MR) is 60.4 cm³/mol. The van der Waals surface area contributed by atoms with Gasteiger partial charge in [-0.05, 0) is 54.2 Å². The third kappa shape index (κ3) is 1.00. The Hall–Kier alpha value is -1.04. The molecule has 1 aromatic carbocycles. The van der Waals surface area contributed by atoms with Crippen LogP contribution in [0, 0.1) is 0 Å². The van der Waals surface area contributed by atoms with Crippen molar-refractivity contribution in [3.8, 4) is 0 Å². The van der Waals surface area contributed by atoms with Crippen molar-refractivity contribution >= 4 is 6.08 Å². The molecule has 0 aliphatic heterocycles. The number of hydrogen-bond acceptors (Lipinski definition) is 0. The van der Waals surface area contributed by atoms with Gasteiger partial charge in [0.1, 0.15) is 0 Å². The average Bonchev–Trinajstić information content (AvgIpc) is 2.99. The van der Waals surface area contributed by atoms with Crippen LogP contribution in [-0.2, 0) is 11.8 Å². The van der Waals surface area contributed by atoms with E-state index in [-0.39, 0.29) is 0 Å². The first-order valence-corrected chi connectivity index (χ1v) is 5.61. The molecule has 72 valence electrons. The van der Waals surface area contributed by atoms with Crippen LogP contribution < -0.4 is 0 Å². The number of rotatable bonds is 1. The lowest BCUT2D eigenvalue weighted by molar-refractivity contribution is 0.541. The van der Waals surface area contributed by atoms with Crippen molar-refractivity contribution in [2.75, 3.05) is 0 Å². The molecule has 0 saturated heterocycles. The Labute approximate surface area is 85.6 Å². The summed E-state index contributed by atoms with van der Waals surface area (Å²) < 4.78 is 0. The Bertz CT molecular complexity index is 383. The van der Waals surface area contributed by atoms with Gasteiger partial charge in [0, 0.05) is 0 Å². The summed E-state index contributed by atoms with van der Waals surface area (Å²) in [4.78, 5) is 0. The molecule has 2 aliphatic carbocycles. The minimum Gasteiger partial charge on any atom is -0.0985 e. The SMILES string of the molecule is C=Cc1cccc2c1CCCC21CC1. The zero-order chi connectivity index (χ0) is 9.60. The van der Waals surface area contributed by atoms with Gasteiger partial charge in [0.15, 0.2) is 0 Å². The predicted octanol–water partition coefficient (Wildman–Crippen LogP) is 3.70. The normalized spacial score (nSPS) is 21.7. The standard InChI is InChI=1S/C14H16/c1-2-11-5-3-7-13-12(11)6-4-8-14(13)9-10-14/h2-3,5,7H,1,4,6,8-10H2. The third-order valence-electron chi connectivity index (χ3n) is 3.94. The zero-order valence-corrected chi connectivity index (χ0v) is 8.55. The topological polar surface area (TPSA) is 0 Å². The first kappa shape index (κ1) is 8.28. The smallest absolute Gasteiger partial charge is 0.00433 e. The van der Waals surface area contributed by atoms with E-state index in [1.165, 1.54) is 37.7 Å². The molecule has 0 N–H and O–H groups in total. The minimum absolute atomic E-state index is 0.604. The van der Waals surface area contributed by atoms with Gasteiger partial charge in [0.2, 0.25) is 0 Å². The molecule has 0 bridgehead atoms. The van der Waals surface area contributed by atoms with Crippen LogP contribution in [0.1, 0.15) is 42.4 Å². The van der Waals surface area contributed by atoms with Gasteiger partial charge in [0.05, 0.1) is 0 Å². The van der Waals surface area contributed by atoms with Gasteiger partial charge in [-0.1, -0.05) is 30.9 Å². The van der Waals surface area contributed by atoms with Gasteiger partial charge in [-0.3, -0.25) is 0 Å². The van der Waals surface area contributed by atoms with Crippen molar-refractivity contribution in [2.24, 2.45) is 0 Å². The van der Waals surface area contributed by atoms with Crippen LogP contribution in [0.4, 0.5) is 0 Å². The number of hydrogen-bond donors (Lipinski definition) is 0. The molecule has 2 aliphatic rings. The number of fused-ring (bicyclic) bond motifs is 2. The molecule has 0 heteroatoms. The lowest BCUT2D eigenvalue weighted by Crippen LogP contribution is -2.16. The Morgan fingerprint density at radius 1 is 1.21 bits per heavy atom. The molecule has 0 nitrogen and oxygen atoms in total. The van der Waals surface area contributed by atoms with E-state index in [0.717, 1.165) is 0 Å². The molecule has 0 radical (unpaired) electrons. The van der Waals surface area contributed by atoms with Crippen LogP contribution in [0.2, 0.25) is 0 Å². The summed E-state index contributed by atoms with van der Waals surface area (Å²) in [6.45, 7) is 3.91. The fraction of sp³-hybridized carbons (Fsp3) is 0.429. The monoisotopic (exact) mass is 184 g/mol. The van der Waals surface area contributed by atoms with E-state index in [1.54, 1.807) is 11.1 Å². The second-order valence-electron chi connectivity index (χ2n) is 4.71. The molecule has 3 rings (SSSR count). The Balaban J connectivity index is 2.19. The molecule has 0 unspecified atom stereocenters. The molecule has 1 fully saturated rings. The van der Waals surface area contributed by atoms with Crippen LogP contribution in [0.15, 0.2) is 24.8 Å². The molecule has 0 amide bonds. The van der Waals surface area contributed by atoms with E-state index in [4.69, 9.17) is 0 Å². The molecule has 0 atom stereocenters. The largest absolute Gasteiger partial charge is 0.0985 e. The van der Waals surface area contributed by atoms with E-state index in [2.05, 4.69) is 24.8 Å². The van der Waals surface area contributed by atoms with Gasteiger partial charge in [-0.25, -0.2) is 0 Å². The van der Waals surface area contributed by atoms with E-state index in [0.29, 0.717) is 5.41 Å². The highest BCUT2D eigenvalue weighted by atomic mass is 14.5. The molecule has 0 heterocycles. The van der Waals surface area contributed by atoms with Crippen molar-refractivity contribution in [1.29, 1.82) is 0 Å². The van der Waals surface area contributed by atoms with Crippen molar-refractivity contribution in [1.82, 2.24) is 0 Å². The van der Waals surface area contributed by atoms with E-state index in [1.807, 2.05) is 6.08 Å². The van der Waals surface area contributed by atoms with Gasteiger partial charge < -0.3 is 0 Å². The molecular formula is C14H16. The maximum atomic E-state index is 3.91. The van der Waals surface area contributed by atoms with Crippen molar-refractivity contribution in [3.05, 3.63) is 41.5 Å². The van der Waals surface area contributed by atoms with E-state index < -0.39 is 0 Å². The van der Waals surface area contributed by atoms with Gasteiger partial charge in [-0.2, -0.15) is 0 Å². The highest BCUT2D eigenvalue weighted by molar-refractivity contribution is 5.57. The Morgan fingerprint density at radius 3 is 2.79 bits per heavy atom. The lowest BCUT2D eigenvalue weighted by atomic mass is 9.78. The molecule has 14 heavy (non-hydrogen) atoms. The molecule has 1 saturated carbocycles. The second kappa shape index (κ2) is 2.73. The lowest BCUT2D eigenvalue weighted by Gasteiger charge is -2.26. The maximum Gasteiger partial charge on any atom is -0.00433 e. The fourth-order valence-electron chi connectivity index (χ4n) is 2.98. The number of benzene rings is 1. The first-order valence-electron chi connectivity index (χ1n) is 5.61. The highest BCUT2D eigenvalue weighted by Gasteiger charge is 2.46. The first-order chi connectivity index (χ1) is 6.86. The van der Waals surface area contributed by atoms with Gasteiger partial charge >= 0.3 is 0 Å². The van der Waals surface area contributed by atoms with Gasteiger partial charge in [0.25, 0.3) is 0 Å². The van der Waals surface area contributed by atoms with Crippen LogP contribution in [0.3, 0.4) is 0 Å². The second-order valence-corrected chi connectivity index (χ2v) is 4.71. The summed E-state index contributed by atoms with van der Waals surface area (Å²) >= 11 is 0. The van der Waals surface area contributed by atoms with Crippen LogP contribution >= 0.6 is 0 Å². The van der Waals surface area contributed by atoms with Crippen molar-refractivity contribution < 1.29 is 0 Å². The van der Waals surface area contributed by atoms with Crippen LogP contribution in [-0.4, -0.2) is 0 Å². The third-order valence-corrected chi connectivity index (χ3v) is 3.94. The molecule has 1 aromatic rings. The molecule has 0 aromatic heterocycles. The van der Waals surface area contributed by atoms with Crippen LogP contribution in [0.5, 0.6) is 0 Å². The van der Waals surface area contributed by atoms with Gasteiger partial charge in [-0.15, -0.1) is 0 Å². The van der Waals surface area contributed by atoms with E-state index in [9.17, 15) is 0 Å². The summed E-state index contributed by atoms with van der Waals surface area (Å²) in [5.41, 5.74) is 5.20. The summed E-state index contributed by atoms with van der Waals surface area (Å²) in [6.07, 6.45) is 8.90. The fourth-order valence-corrected chi connectivity index (χ4v) is 2.98. The molecule has 1 spiro atoms. The average molecular weight is 184 g/mol. The molecular weight excluding hydrogens is 168 g/mol. The summed E-state index contributed by atoms with van der Waals surface area (Å²) in [6, 6.07) is 6.74. The summed E-state index contributed by atoms with van der Waals surface area (Å²) in [5.74, 6) is 0. The van der Waals surface area contributed by atoms with Crippen molar-refractivity contribution in [3.63, 3.8) is 0 Å². The Kier molecular flexibility index (Phi) is 1.61. The quantitative estimate of drug-likeness (QED) is 0.624. The Morgan fingerprint density at radius 2 is 2.07 bits per heavy atom. The van der Waals surface area contributed by atoms with Crippen LogP contribution in [0.25, 0.3) is 6.08 Å².